The van der Waals surface area contributed by atoms with Gasteiger partial charge in [0.2, 0.25) is 0 Å². The van der Waals surface area contributed by atoms with Crippen LogP contribution in [0.3, 0.4) is 0 Å². The topological polar surface area (TPSA) is 72.5 Å². The van der Waals surface area contributed by atoms with Gasteiger partial charge in [0.15, 0.2) is 5.76 Å². The SMILES string of the molecule is Cc1cc(CN2C[C@H]3[C@@H](CNC(=O)c4ccco4)CO[C@H]3C2)n(C)n1. The lowest BCUT2D eigenvalue weighted by molar-refractivity contribution is 0.0886. The number of carbonyl (C=O) groups excluding carboxylic acids is 1. The Morgan fingerprint density at radius 1 is 1.44 bits per heavy atom. The Morgan fingerprint density at radius 3 is 3.04 bits per heavy atom. The molecule has 1 N–H and O–H groups in total. The van der Waals surface area contributed by atoms with E-state index in [0.717, 1.165) is 25.3 Å². The number of nitrogens with zero attached hydrogens (tertiary/aromatic N) is 3. The lowest BCUT2D eigenvalue weighted by Gasteiger charge is -2.19. The normalized spacial score (nSPS) is 26.1. The molecule has 4 rings (SSSR count). The molecule has 7 nitrogen and oxygen atoms in total. The summed E-state index contributed by atoms with van der Waals surface area (Å²) in [5.41, 5.74) is 2.27. The van der Waals surface area contributed by atoms with Gasteiger partial charge in [-0.3, -0.25) is 14.4 Å². The highest BCUT2D eigenvalue weighted by molar-refractivity contribution is 5.91. The monoisotopic (exact) mass is 344 g/mol. The lowest BCUT2D eigenvalue weighted by Crippen LogP contribution is -2.34. The van der Waals surface area contributed by atoms with Crippen molar-refractivity contribution in [2.45, 2.75) is 19.6 Å². The molecule has 3 atom stereocenters. The highest BCUT2D eigenvalue weighted by Crippen LogP contribution is 2.34. The van der Waals surface area contributed by atoms with Crippen LogP contribution in [0.2, 0.25) is 0 Å². The first-order valence-corrected chi connectivity index (χ1v) is 8.75. The molecule has 4 heterocycles. The Hall–Kier alpha value is -2.12. The summed E-state index contributed by atoms with van der Waals surface area (Å²) in [7, 11) is 1.99. The van der Waals surface area contributed by atoms with Crippen molar-refractivity contribution in [1.82, 2.24) is 20.0 Å². The number of ether oxygens (including phenoxy) is 1. The van der Waals surface area contributed by atoms with E-state index in [2.05, 4.69) is 21.4 Å². The van der Waals surface area contributed by atoms with Gasteiger partial charge in [0.1, 0.15) is 0 Å². The maximum Gasteiger partial charge on any atom is 0.286 e. The zero-order valence-electron chi connectivity index (χ0n) is 14.6. The maximum atomic E-state index is 12.0. The number of hydrogen-bond donors (Lipinski definition) is 1. The van der Waals surface area contributed by atoms with Gasteiger partial charge in [-0.15, -0.1) is 0 Å². The molecule has 25 heavy (non-hydrogen) atoms. The first-order valence-electron chi connectivity index (χ1n) is 8.75. The molecule has 2 saturated heterocycles. The number of fused-ring (bicyclic) bond motifs is 1. The average molecular weight is 344 g/mol. The van der Waals surface area contributed by atoms with Gasteiger partial charge in [0.25, 0.3) is 5.91 Å². The number of hydrogen-bond acceptors (Lipinski definition) is 5. The largest absolute Gasteiger partial charge is 0.459 e. The van der Waals surface area contributed by atoms with E-state index in [0.29, 0.717) is 30.7 Å². The highest BCUT2D eigenvalue weighted by Gasteiger charge is 2.43. The standard InChI is InChI=1S/C18H24N4O3/c1-12-6-14(21(2)20-12)8-22-9-15-13(11-25-17(15)10-22)7-19-18(23)16-4-3-5-24-16/h3-6,13,15,17H,7-11H2,1-2H3,(H,19,23)/t13-,15-,17-/m0/s1. The van der Waals surface area contributed by atoms with Gasteiger partial charge in [-0.1, -0.05) is 0 Å². The van der Waals surface area contributed by atoms with E-state index in [9.17, 15) is 4.79 Å². The molecule has 2 aromatic rings. The lowest BCUT2D eigenvalue weighted by atomic mass is 9.93. The van der Waals surface area contributed by atoms with Crippen molar-refractivity contribution in [2.24, 2.45) is 18.9 Å². The predicted molar refractivity (Wildman–Crippen MR) is 91.0 cm³/mol. The van der Waals surface area contributed by atoms with Crippen molar-refractivity contribution < 1.29 is 13.9 Å². The summed E-state index contributed by atoms with van der Waals surface area (Å²) < 4.78 is 13.1. The number of likely N-dealkylation sites (tertiary alicyclic amines) is 1. The molecule has 7 heteroatoms. The van der Waals surface area contributed by atoms with E-state index >= 15 is 0 Å². The first kappa shape index (κ1) is 16.4. The third-order valence-corrected chi connectivity index (χ3v) is 5.27. The van der Waals surface area contributed by atoms with E-state index in [1.807, 2.05) is 18.7 Å². The first-order chi connectivity index (χ1) is 12.1. The smallest absolute Gasteiger partial charge is 0.286 e. The average Bonchev–Trinajstić information content (AvgIpc) is 3.32. The van der Waals surface area contributed by atoms with E-state index in [4.69, 9.17) is 9.15 Å². The minimum absolute atomic E-state index is 0.159. The molecule has 0 radical (unpaired) electrons. The molecule has 0 bridgehead atoms. The van der Waals surface area contributed by atoms with Crippen molar-refractivity contribution >= 4 is 5.91 Å². The number of aromatic nitrogens is 2. The Bertz CT molecular complexity index is 740. The summed E-state index contributed by atoms with van der Waals surface area (Å²) in [5.74, 6) is 1.01. The van der Waals surface area contributed by atoms with E-state index in [1.165, 1.54) is 12.0 Å². The molecule has 134 valence electrons. The van der Waals surface area contributed by atoms with Crippen LogP contribution in [0.15, 0.2) is 28.9 Å². The number of amides is 1. The molecule has 2 aliphatic rings. The van der Waals surface area contributed by atoms with Gasteiger partial charge in [0.05, 0.1) is 30.4 Å². The summed E-state index contributed by atoms with van der Waals surface area (Å²) >= 11 is 0. The maximum absolute atomic E-state index is 12.0. The van der Waals surface area contributed by atoms with Crippen molar-refractivity contribution in [2.75, 3.05) is 26.2 Å². The summed E-state index contributed by atoms with van der Waals surface area (Å²) in [6, 6.07) is 5.53. The van der Waals surface area contributed by atoms with Gasteiger partial charge in [-0.2, -0.15) is 5.10 Å². The van der Waals surface area contributed by atoms with E-state index in [-0.39, 0.29) is 12.0 Å². The van der Waals surface area contributed by atoms with Crippen LogP contribution in [0.1, 0.15) is 21.9 Å². The van der Waals surface area contributed by atoms with Crippen LogP contribution in [0, 0.1) is 18.8 Å². The van der Waals surface area contributed by atoms with E-state index < -0.39 is 0 Å². The molecular formula is C18H24N4O3. The molecule has 0 aliphatic carbocycles. The van der Waals surface area contributed by atoms with Crippen LogP contribution in [0.25, 0.3) is 0 Å². The summed E-state index contributed by atoms with van der Waals surface area (Å²) in [6.07, 6.45) is 1.78. The van der Waals surface area contributed by atoms with Crippen LogP contribution in [-0.4, -0.2) is 52.9 Å². The number of carbonyl (C=O) groups is 1. The molecule has 2 aromatic heterocycles. The zero-order valence-corrected chi connectivity index (χ0v) is 14.6. The predicted octanol–water partition coefficient (Wildman–Crippen LogP) is 1.20. The fraction of sp³-hybridized carbons (Fsp3) is 0.556. The van der Waals surface area contributed by atoms with E-state index in [1.54, 1.807) is 12.1 Å². The Balaban J connectivity index is 1.32. The van der Waals surface area contributed by atoms with Gasteiger partial charge in [-0.25, -0.2) is 0 Å². The fourth-order valence-electron chi connectivity index (χ4n) is 3.98. The fourth-order valence-corrected chi connectivity index (χ4v) is 3.98. The Morgan fingerprint density at radius 2 is 2.32 bits per heavy atom. The minimum atomic E-state index is -0.159. The molecule has 0 unspecified atom stereocenters. The Kier molecular flexibility index (Phi) is 4.35. The van der Waals surface area contributed by atoms with Crippen molar-refractivity contribution in [3.8, 4) is 0 Å². The molecule has 0 aromatic carbocycles. The number of aryl methyl sites for hydroxylation is 2. The minimum Gasteiger partial charge on any atom is -0.459 e. The molecule has 2 aliphatic heterocycles. The summed E-state index contributed by atoms with van der Waals surface area (Å²) in [4.78, 5) is 14.5. The second-order valence-corrected chi connectivity index (χ2v) is 7.08. The van der Waals surface area contributed by atoms with Crippen molar-refractivity contribution in [3.05, 3.63) is 41.6 Å². The number of rotatable bonds is 5. The third-order valence-electron chi connectivity index (χ3n) is 5.27. The number of nitrogens with one attached hydrogen (secondary N) is 1. The zero-order chi connectivity index (χ0) is 17.4. The van der Waals surface area contributed by atoms with Gasteiger partial charge >= 0.3 is 0 Å². The van der Waals surface area contributed by atoms with Crippen molar-refractivity contribution in [3.63, 3.8) is 0 Å². The molecule has 0 saturated carbocycles. The molecular weight excluding hydrogens is 320 g/mol. The number of furan rings is 1. The van der Waals surface area contributed by atoms with Crippen LogP contribution in [-0.2, 0) is 18.3 Å². The van der Waals surface area contributed by atoms with Gasteiger partial charge in [-0.05, 0) is 25.1 Å². The van der Waals surface area contributed by atoms with Crippen LogP contribution >= 0.6 is 0 Å². The molecule has 0 spiro atoms. The third kappa shape index (κ3) is 3.34. The Labute approximate surface area is 146 Å². The summed E-state index contributed by atoms with van der Waals surface area (Å²) in [5, 5.41) is 7.39. The summed E-state index contributed by atoms with van der Waals surface area (Å²) in [6.45, 7) is 6.18. The quantitative estimate of drug-likeness (QED) is 0.882. The van der Waals surface area contributed by atoms with Crippen LogP contribution in [0.5, 0.6) is 0 Å². The van der Waals surface area contributed by atoms with Crippen LogP contribution < -0.4 is 5.32 Å². The van der Waals surface area contributed by atoms with Crippen molar-refractivity contribution in [1.29, 1.82) is 0 Å². The second-order valence-electron chi connectivity index (χ2n) is 7.08. The van der Waals surface area contributed by atoms with Gasteiger partial charge in [0, 0.05) is 45.1 Å². The molecule has 2 fully saturated rings. The van der Waals surface area contributed by atoms with Gasteiger partial charge < -0.3 is 14.5 Å². The highest BCUT2D eigenvalue weighted by atomic mass is 16.5. The van der Waals surface area contributed by atoms with Crippen LogP contribution in [0.4, 0.5) is 0 Å². The second kappa shape index (κ2) is 6.65. The molecule has 1 amide bonds.